The fraction of sp³-hybridized carbons (Fsp3) is 0.774. The lowest BCUT2D eigenvalue weighted by molar-refractivity contribution is -0.138. The molecule has 0 spiro atoms. The van der Waals surface area contributed by atoms with Gasteiger partial charge in [-0.1, -0.05) is 82.8 Å². The molecule has 4 rings (SSSR count). The van der Waals surface area contributed by atoms with Crippen molar-refractivity contribution >= 4 is 15.8 Å². The highest BCUT2D eigenvalue weighted by molar-refractivity contribution is 7.90. The molecule has 0 bridgehead atoms. The maximum Gasteiger partial charge on any atom is 0.303 e. The molecule has 0 amide bonds. The molecule has 5 nitrogen and oxygen atoms in total. The van der Waals surface area contributed by atoms with Gasteiger partial charge in [0.15, 0.2) is 9.84 Å². The summed E-state index contributed by atoms with van der Waals surface area (Å²) in [6, 6.07) is 7.71. The first-order valence-electron chi connectivity index (χ1n) is 15.1. The van der Waals surface area contributed by atoms with Crippen molar-refractivity contribution < 1.29 is 18.3 Å². The number of hydrogen-bond donors (Lipinski definition) is 1. The van der Waals surface area contributed by atoms with Gasteiger partial charge in [-0.15, -0.1) is 0 Å². The Bertz CT molecular complexity index is 926. The van der Waals surface area contributed by atoms with Crippen LogP contribution in [0.4, 0.5) is 0 Å². The normalized spacial score (nSPS) is 26.4. The van der Waals surface area contributed by atoms with Crippen LogP contribution in [0.25, 0.3) is 0 Å². The second kappa shape index (κ2) is 13.6. The average Bonchev–Trinajstić information content (AvgIpc) is 2.89. The van der Waals surface area contributed by atoms with Crippen molar-refractivity contribution in [2.45, 2.75) is 120 Å². The Morgan fingerprint density at radius 2 is 1.35 bits per heavy atom. The van der Waals surface area contributed by atoms with Gasteiger partial charge < -0.3 is 5.11 Å². The van der Waals surface area contributed by atoms with Gasteiger partial charge in [-0.05, 0) is 74.2 Å². The van der Waals surface area contributed by atoms with Crippen LogP contribution in [-0.4, -0.2) is 49.8 Å². The minimum atomic E-state index is -3.26. The van der Waals surface area contributed by atoms with Gasteiger partial charge in [0.2, 0.25) is 0 Å². The summed E-state index contributed by atoms with van der Waals surface area (Å²) in [5, 5.41) is 9.76. The molecule has 3 saturated carbocycles. The summed E-state index contributed by atoms with van der Waals surface area (Å²) in [5.41, 5.74) is 1.11. The number of hydrogen-bond acceptors (Lipinski definition) is 4. The molecule has 0 aromatic heterocycles. The second-order valence-corrected chi connectivity index (χ2v) is 14.4. The predicted octanol–water partition coefficient (Wildman–Crippen LogP) is 7.06. The van der Waals surface area contributed by atoms with E-state index in [1.54, 1.807) is 12.1 Å². The Labute approximate surface area is 225 Å². The number of aliphatic carboxylic acids is 1. The molecule has 1 N–H and O–H groups in total. The molecule has 3 unspecified atom stereocenters. The third-order valence-electron chi connectivity index (χ3n) is 9.69. The van der Waals surface area contributed by atoms with E-state index in [9.17, 15) is 18.3 Å². The SMILES string of the molecule is CS(=O)(=O)c1ccc(C2C(CC(=O)O)CCCC2N(CCC2CCCCC2)CCC2CCCCC2)cc1. The summed E-state index contributed by atoms with van der Waals surface area (Å²) < 4.78 is 24.2. The summed E-state index contributed by atoms with van der Waals surface area (Å²) in [6.07, 6.45) is 20.7. The van der Waals surface area contributed by atoms with E-state index in [0.717, 1.165) is 49.8 Å². The lowest BCUT2D eigenvalue weighted by atomic mass is 9.70. The van der Waals surface area contributed by atoms with Gasteiger partial charge in [0.25, 0.3) is 0 Å². The zero-order valence-electron chi connectivity index (χ0n) is 23.0. The van der Waals surface area contributed by atoms with Crippen molar-refractivity contribution in [1.29, 1.82) is 0 Å². The van der Waals surface area contributed by atoms with Crippen LogP contribution in [0.2, 0.25) is 0 Å². The number of rotatable bonds is 11. The summed E-state index contributed by atoms with van der Waals surface area (Å²) in [7, 11) is -3.26. The van der Waals surface area contributed by atoms with Crippen molar-refractivity contribution in [3.05, 3.63) is 29.8 Å². The first kappa shape index (κ1) is 28.6. The van der Waals surface area contributed by atoms with Crippen LogP contribution in [0.5, 0.6) is 0 Å². The van der Waals surface area contributed by atoms with Crippen molar-refractivity contribution in [2.75, 3.05) is 19.3 Å². The molecule has 1 aromatic carbocycles. The van der Waals surface area contributed by atoms with Crippen LogP contribution in [0.1, 0.15) is 114 Å². The Kier molecular flexibility index (Phi) is 10.5. The number of sulfone groups is 1. The lowest BCUT2D eigenvalue weighted by Crippen LogP contribution is -2.46. The number of carboxylic acid groups (broad SMARTS) is 1. The molecule has 3 aliphatic carbocycles. The standard InChI is InChI=1S/C31H49NO4S/c1-37(35,36)28-17-15-26(16-18-28)31-27(23-30(33)34)13-8-14-29(31)32(21-19-24-9-4-2-5-10-24)22-20-25-11-6-3-7-12-25/h15-18,24-25,27,29,31H,2-14,19-23H2,1H3,(H,33,34). The van der Waals surface area contributed by atoms with Gasteiger partial charge in [0.1, 0.15) is 0 Å². The minimum absolute atomic E-state index is 0.0900. The molecule has 208 valence electrons. The molecule has 0 saturated heterocycles. The number of benzene rings is 1. The van der Waals surface area contributed by atoms with Crippen molar-refractivity contribution in [3.63, 3.8) is 0 Å². The average molecular weight is 532 g/mol. The van der Waals surface area contributed by atoms with E-state index in [2.05, 4.69) is 4.90 Å². The van der Waals surface area contributed by atoms with Gasteiger partial charge in [-0.25, -0.2) is 8.42 Å². The first-order valence-corrected chi connectivity index (χ1v) is 17.0. The maximum absolute atomic E-state index is 12.1. The van der Waals surface area contributed by atoms with E-state index < -0.39 is 15.8 Å². The zero-order chi connectivity index (χ0) is 26.3. The Hall–Kier alpha value is -1.40. The van der Waals surface area contributed by atoms with Crippen LogP contribution in [0, 0.1) is 17.8 Å². The number of nitrogens with zero attached hydrogens (tertiary/aromatic N) is 1. The van der Waals surface area contributed by atoms with E-state index >= 15 is 0 Å². The highest BCUT2D eigenvalue weighted by Gasteiger charge is 2.39. The Morgan fingerprint density at radius 1 is 0.811 bits per heavy atom. The van der Waals surface area contributed by atoms with Gasteiger partial charge >= 0.3 is 5.97 Å². The Morgan fingerprint density at radius 3 is 1.84 bits per heavy atom. The van der Waals surface area contributed by atoms with Gasteiger partial charge in [0.05, 0.1) is 4.90 Å². The fourth-order valence-corrected chi connectivity index (χ4v) is 8.28. The highest BCUT2D eigenvalue weighted by atomic mass is 32.2. The predicted molar refractivity (Wildman–Crippen MR) is 150 cm³/mol. The lowest BCUT2D eigenvalue weighted by Gasteiger charge is -2.45. The van der Waals surface area contributed by atoms with Crippen molar-refractivity contribution in [2.24, 2.45) is 17.8 Å². The molecule has 3 atom stereocenters. The molecule has 0 heterocycles. The van der Waals surface area contributed by atoms with Gasteiger partial charge in [-0.3, -0.25) is 9.69 Å². The van der Waals surface area contributed by atoms with Crippen LogP contribution in [0.15, 0.2) is 29.2 Å². The van der Waals surface area contributed by atoms with Gasteiger partial charge in [-0.2, -0.15) is 0 Å². The van der Waals surface area contributed by atoms with Crippen LogP contribution >= 0.6 is 0 Å². The van der Waals surface area contributed by atoms with Crippen molar-refractivity contribution in [3.8, 4) is 0 Å². The second-order valence-electron chi connectivity index (χ2n) is 12.3. The minimum Gasteiger partial charge on any atom is -0.481 e. The fourth-order valence-electron chi connectivity index (χ4n) is 7.65. The van der Waals surface area contributed by atoms with E-state index in [-0.39, 0.29) is 18.3 Å². The van der Waals surface area contributed by atoms with E-state index in [1.165, 1.54) is 83.3 Å². The number of carboxylic acids is 1. The monoisotopic (exact) mass is 531 g/mol. The molecule has 37 heavy (non-hydrogen) atoms. The highest BCUT2D eigenvalue weighted by Crippen LogP contribution is 2.43. The summed E-state index contributed by atoms with van der Waals surface area (Å²) in [4.78, 5) is 15.0. The number of carbonyl (C=O) groups is 1. The molecule has 6 heteroatoms. The molecule has 0 aliphatic heterocycles. The van der Waals surface area contributed by atoms with E-state index in [1.807, 2.05) is 12.1 Å². The van der Waals surface area contributed by atoms with E-state index in [4.69, 9.17) is 0 Å². The van der Waals surface area contributed by atoms with Crippen LogP contribution in [0.3, 0.4) is 0 Å². The Balaban J connectivity index is 1.58. The van der Waals surface area contributed by atoms with Crippen molar-refractivity contribution in [1.82, 2.24) is 4.90 Å². The molecular weight excluding hydrogens is 482 g/mol. The maximum atomic E-state index is 12.1. The topological polar surface area (TPSA) is 74.7 Å². The third kappa shape index (κ3) is 8.29. The molecule has 0 radical (unpaired) electrons. The summed E-state index contributed by atoms with van der Waals surface area (Å²) >= 11 is 0. The molecule has 3 fully saturated rings. The quantitative estimate of drug-likeness (QED) is 0.331. The third-order valence-corrected chi connectivity index (χ3v) is 10.8. The first-order chi connectivity index (χ1) is 17.8. The molecular formula is C31H49NO4S. The summed E-state index contributed by atoms with van der Waals surface area (Å²) in [6.45, 7) is 2.22. The van der Waals surface area contributed by atoms with E-state index in [0.29, 0.717) is 10.9 Å². The van der Waals surface area contributed by atoms with Gasteiger partial charge in [0, 0.05) is 24.6 Å². The van der Waals surface area contributed by atoms with Crippen LogP contribution < -0.4 is 0 Å². The molecule has 3 aliphatic rings. The summed E-state index contributed by atoms with van der Waals surface area (Å²) in [5.74, 6) is 1.16. The van der Waals surface area contributed by atoms with Crippen LogP contribution in [-0.2, 0) is 14.6 Å². The zero-order valence-corrected chi connectivity index (χ0v) is 23.8. The smallest absolute Gasteiger partial charge is 0.303 e. The largest absolute Gasteiger partial charge is 0.481 e. The molecule has 1 aromatic rings.